The summed E-state index contributed by atoms with van der Waals surface area (Å²) in [5, 5.41) is 0. The first kappa shape index (κ1) is 9.36. The standard InChI is InChI=1S/C10H12OS/c1-9(8-11-2)12-10-6-4-3-5-7-10/h3-7H,1,8H2,2H3. The van der Waals surface area contributed by atoms with Crippen LogP contribution in [0.3, 0.4) is 0 Å². The van der Waals surface area contributed by atoms with Crippen LogP contribution in [0.2, 0.25) is 0 Å². The maximum absolute atomic E-state index is 4.96. The van der Waals surface area contributed by atoms with Crippen LogP contribution < -0.4 is 0 Å². The van der Waals surface area contributed by atoms with E-state index in [4.69, 9.17) is 4.74 Å². The van der Waals surface area contributed by atoms with Gasteiger partial charge in [-0.1, -0.05) is 36.5 Å². The van der Waals surface area contributed by atoms with Crippen molar-refractivity contribution in [1.82, 2.24) is 0 Å². The molecule has 12 heavy (non-hydrogen) atoms. The molecule has 0 spiro atoms. The summed E-state index contributed by atoms with van der Waals surface area (Å²) in [6, 6.07) is 10.2. The number of ether oxygens (including phenoxy) is 1. The average Bonchev–Trinajstić information content (AvgIpc) is 2.06. The Morgan fingerprint density at radius 2 is 2.08 bits per heavy atom. The van der Waals surface area contributed by atoms with Crippen molar-refractivity contribution in [3.63, 3.8) is 0 Å². The number of hydrogen-bond donors (Lipinski definition) is 0. The van der Waals surface area contributed by atoms with Crippen molar-refractivity contribution in [3.05, 3.63) is 41.8 Å². The number of benzene rings is 1. The molecule has 0 amide bonds. The highest BCUT2D eigenvalue weighted by Crippen LogP contribution is 2.24. The molecule has 0 aliphatic heterocycles. The molecule has 0 unspecified atom stereocenters. The SMILES string of the molecule is C=C(COC)Sc1ccccc1. The first-order chi connectivity index (χ1) is 5.83. The number of hydrogen-bond acceptors (Lipinski definition) is 2. The van der Waals surface area contributed by atoms with Crippen LogP contribution >= 0.6 is 11.8 Å². The zero-order chi connectivity index (χ0) is 8.81. The Morgan fingerprint density at radius 1 is 1.42 bits per heavy atom. The molecule has 1 nitrogen and oxygen atoms in total. The van der Waals surface area contributed by atoms with Crippen molar-refractivity contribution in [3.8, 4) is 0 Å². The number of rotatable bonds is 4. The lowest BCUT2D eigenvalue weighted by Crippen LogP contribution is -1.87. The monoisotopic (exact) mass is 180 g/mol. The van der Waals surface area contributed by atoms with Crippen molar-refractivity contribution in [2.45, 2.75) is 4.90 Å². The van der Waals surface area contributed by atoms with Crippen LogP contribution in [0, 0.1) is 0 Å². The van der Waals surface area contributed by atoms with Crippen LogP contribution in [0.25, 0.3) is 0 Å². The summed E-state index contributed by atoms with van der Waals surface area (Å²) in [6.07, 6.45) is 0. The summed E-state index contributed by atoms with van der Waals surface area (Å²) >= 11 is 1.65. The first-order valence-electron chi connectivity index (χ1n) is 3.72. The van der Waals surface area contributed by atoms with Crippen LogP contribution in [-0.2, 0) is 4.74 Å². The molecule has 0 saturated carbocycles. The molecule has 2 heteroatoms. The average molecular weight is 180 g/mol. The predicted molar refractivity (Wildman–Crippen MR) is 53.3 cm³/mol. The Labute approximate surface area is 77.4 Å². The summed E-state index contributed by atoms with van der Waals surface area (Å²) < 4.78 is 4.96. The van der Waals surface area contributed by atoms with Crippen LogP contribution in [0.4, 0.5) is 0 Å². The second-order valence-electron chi connectivity index (χ2n) is 2.39. The van der Waals surface area contributed by atoms with E-state index in [1.54, 1.807) is 18.9 Å². The maximum Gasteiger partial charge on any atom is 0.0769 e. The number of methoxy groups -OCH3 is 1. The van der Waals surface area contributed by atoms with E-state index >= 15 is 0 Å². The Bertz CT molecular complexity index is 243. The molecule has 0 fully saturated rings. The Balaban J connectivity index is 2.47. The summed E-state index contributed by atoms with van der Waals surface area (Å²) in [7, 11) is 1.68. The largest absolute Gasteiger partial charge is 0.379 e. The van der Waals surface area contributed by atoms with Gasteiger partial charge >= 0.3 is 0 Å². The zero-order valence-corrected chi connectivity index (χ0v) is 7.93. The van der Waals surface area contributed by atoms with E-state index in [-0.39, 0.29) is 0 Å². The van der Waals surface area contributed by atoms with Gasteiger partial charge in [-0.3, -0.25) is 0 Å². The van der Waals surface area contributed by atoms with E-state index in [1.165, 1.54) is 4.90 Å². The van der Waals surface area contributed by atoms with Gasteiger partial charge in [0.25, 0.3) is 0 Å². The third-order valence-corrected chi connectivity index (χ3v) is 2.23. The summed E-state index contributed by atoms with van der Waals surface area (Å²) in [4.78, 5) is 2.24. The molecule has 0 aliphatic carbocycles. The quantitative estimate of drug-likeness (QED) is 0.659. The molecule has 0 aromatic heterocycles. The summed E-state index contributed by atoms with van der Waals surface area (Å²) in [5.74, 6) is 0. The topological polar surface area (TPSA) is 9.23 Å². The molecule has 0 heterocycles. The highest BCUT2D eigenvalue weighted by atomic mass is 32.2. The second-order valence-corrected chi connectivity index (χ2v) is 3.64. The molecule has 1 rings (SSSR count). The third-order valence-electron chi connectivity index (χ3n) is 1.31. The van der Waals surface area contributed by atoms with Crippen LogP contribution in [0.5, 0.6) is 0 Å². The molecule has 0 aliphatic rings. The molecular weight excluding hydrogens is 168 g/mol. The van der Waals surface area contributed by atoms with Crippen LogP contribution in [-0.4, -0.2) is 13.7 Å². The minimum atomic E-state index is 0.611. The summed E-state index contributed by atoms with van der Waals surface area (Å²) in [6.45, 7) is 4.49. The molecule has 1 aromatic carbocycles. The smallest absolute Gasteiger partial charge is 0.0769 e. The van der Waals surface area contributed by atoms with Crippen molar-refractivity contribution in [2.24, 2.45) is 0 Å². The molecular formula is C10H12OS. The van der Waals surface area contributed by atoms with E-state index in [1.807, 2.05) is 18.2 Å². The van der Waals surface area contributed by atoms with Gasteiger partial charge in [-0.05, 0) is 12.1 Å². The van der Waals surface area contributed by atoms with Crippen LogP contribution in [0.1, 0.15) is 0 Å². The van der Waals surface area contributed by atoms with Gasteiger partial charge in [0.05, 0.1) is 6.61 Å². The van der Waals surface area contributed by atoms with Crippen LogP contribution in [0.15, 0.2) is 46.7 Å². The van der Waals surface area contributed by atoms with Gasteiger partial charge < -0.3 is 4.74 Å². The van der Waals surface area contributed by atoms with Gasteiger partial charge in [0, 0.05) is 16.9 Å². The zero-order valence-electron chi connectivity index (χ0n) is 7.12. The van der Waals surface area contributed by atoms with E-state index in [2.05, 4.69) is 18.7 Å². The minimum absolute atomic E-state index is 0.611. The molecule has 0 atom stereocenters. The summed E-state index contributed by atoms with van der Waals surface area (Å²) in [5.41, 5.74) is 0. The molecule has 0 radical (unpaired) electrons. The second kappa shape index (κ2) is 5.01. The fraction of sp³-hybridized carbons (Fsp3) is 0.200. The van der Waals surface area contributed by atoms with Gasteiger partial charge in [-0.25, -0.2) is 0 Å². The van der Waals surface area contributed by atoms with Crippen molar-refractivity contribution >= 4 is 11.8 Å². The highest BCUT2D eigenvalue weighted by Gasteiger charge is 1.95. The Kier molecular flexibility index (Phi) is 3.91. The highest BCUT2D eigenvalue weighted by molar-refractivity contribution is 8.03. The Hall–Kier alpha value is -0.730. The van der Waals surface area contributed by atoms with E-state index in [0.717, 1.165) is 4.91 Å². The lowest BCUT2D eigenvalue weighted by Gasteiger charge is -2.02. The predicted octanol–water partition coefficient (Wildman–Crippen LogP) is 2.94. The lowest BCUT2D eigenvalue weighted by molar-refractivity contribution is 0.232. The van der Waals surface area contributed by atoms with Gasteiger partial charge in [0.15, 0.2) is 0 Å². The molecule has 0 saturated heterocycles. The fourth-order valence-corrected chi connectivity index (χ4v) is 1.65. The first-order valence-corrected chi connectivity index (χ1v) is 4.54. The fourth-order valence-electron chi connectivity index (χ4n) is 0.846. The van der Waals surface area contributed by atoms with E-state index in [0.29, 0.717) is 6.61 Å². The molecule has 0 bridgehead atoms. The van der Waals surface area contributed by atoms with Gasteiger partial charge in [-0.2, -0.15) is 0 Å². The molecule has 1 aromatic rings. The van der Waals surface area contributed by atoms with Crippen molar-refractivity contribution in [2.75, 3.05) is 13.7 Å². The number of thioether (sulfide) groups is 1. The maximum atomic E-state index is 4.96. The van der Waals surface area contributed by atoms with E-state index in [9.17, 15) is 0 Å². The molecule has 0 N–H and O–H groups in total. The minimum Gasteiger partial charge on any atom is -0.379 e. The van der Waals surface area contributed by atoms with Gasteiger partial charge in [0.1, 0.15) is 0 Å². The third kappa shape index (κ3) is 3.11. The Morgan fingerprint density at radius 3 is 2.67 bits per heavy atom. The lowest BCUT2D eigenvalue weighted by atomic mass is 10.4. The van der Waals surface area contributed by atoms with E-state index < -0.39 is 0 Å². The van der Waals surface area contributed by atoms with Gasteiger partial charge in [-0.15, -0.1) is 0 Å². The molecule has 64 valence electrons. The van der Waals surface area contributed by atoms with Crippen molar-refractivity contribution < 1.29 is 4.74 Å². The van der Waals surface area contributed by atoms with Crippen molar-refractivity contribution in [1.29, 1.82) is 0 Å². The normalized spacial score (nSPS) is 9.75. The van der Waals surface area contributed by atoms with Gasteiger partial charge in [0.2, 0.25) is 0 Å².